The number of hydrogen-bond donors (Lipinski definition) is 1. The van der Waals surface area contributed by atoms with Crippen molar-refractivity contribution in [1.82, 2.24) is 0 Å². The van der Waals surface area contributed by atoms with E-state index in [1.165, 1.54) is 0 Å². The van der Waals surface area contributed by atoms with Crippen LogP contribution < -0.4 is 5.32 Å². The lowest BCUT2D eigenvalue weighted by atomic mass is 9.88. The molecular formula is C11H10F3NO. The SMILES string of the molecule is O=C1C[C@@H](CC(F)(F)F)c2ccccc2N1. The normalized spacial score (nSPS) is 20.2. The van der Waals surface area contributed by atoms with E-state index in [2.05, 4.69) is 5.32 Å². The van der Waals surface area contributed by atoms with Crippen LogP contribution in [-0.4, -0.2) is 12.1 Å². The first-order chi connectivity index (χ1) is 7.46. The Labute approximate surface area is 90.5 Å². The van der Waals surface area contributed by atoms with Gasteiger partial charge in [-0.25, -0.2) is 0 Å². The summed E-state index contributed by atoms with van der Waals surface area (Å²) in [6.07, 6.45) is -5.29. The molecule has 0 radical (unpaired) electrons. The second-order valence-electron chi connectivity index (χ2n) is 3.86. The molecule has 1 aliphatic heterocycles. The maximum atomic E-state index is 12.3. The van der Waals surface area contributed by atoms with Crippen LogP contribution >= 0.6 is 0 Å². The Hall–Kier alpha value is -1.52. The van der Waals surface area contributed by atoms with E-state index in [4.69, 9.17) is 0 Å². The number of alkyl halides is 3. The third-order valence-corrected chi connectivity index (χ3v) is 2.58. The smallest absolute Gasteiger partial charge is 0.326 e. The summed E-state index contributed by atoms with van der Waals surface area (Å²) in [6.45, 7) is 0. The van der Waals surface area contributed by atoms with Crippen molar-refractivity contribution >= 4 is 11.6 Å². The summed E-state index contributed by atoms with van der Waals surface area (Å²) in [7, 11) is 0. The molecule has 1 aromatic rings. The van der Waals surface area contributed by atoms with Gasteiger partial charge in [-0.1, -0.05) is 18.2 Å². The second kappa shape index (κ2) is 3.81. The minimum absolute atomic E-state index is 0.101. The largest absolute Gasteiger partial charge is 0.389 e. The fraction of sp³-hybridized carbons (Fsp3) is 0.364. The van der Waals surface area contributed by atoms with Crippen molar-refractivity contribution < 1.29 is 18.0 Å². The van der Waals surface area contributed by atoms with Gasteiger partial charge < -0.3 is 5.32 Å². The van der Waals surface area contributed by atoms with E-state index >= 15 is 0 Å². The number of benzene rings is 1. The first kappa shape index (κ1) is 11.0. The molecule has 0 bridgehead atoms. The van der Waals surface area contributed by atoms with E-state index in [-0.39, 0.29) is 12.3 Å². The number of carbonyl (C=O) groups is 1. The topological polar surface area (TPSA) is 29.1 Å². The average Bonchev–Trinajstić information content (AvgIpc) is 2.14. The molecule has 0 unspecified atom stereocenters. The van der Waals surface area contributed by atoms with Gasteiger partial charge in [0.25, 0.3) is 0 Å². The van der Waals surface area contributed by atoms with Gasteiger partial charge in [-0.3, -0.25) is 4.79 Å². The maximum Gasteiger partial charge on any atom is 0.389 e. The van der Waals surface area contributed by atoms with E-state index in [1.807, 2.05) is 0 Å². The zero-order valence-electron chi connectivity index (χ0n) is 8.34. The zero-order chi connectivity index (χ0) is 11.8. The summed E-state index contributed by atoms with van der Waals surface area (Å²) >= 11 is 0. The fourth-order valence-electron chi connectivity index (χ4n) is 1.96. The number of carbonyl (C=O) groups excluding carboxylic acids is 1. The van der Waals surface area contributed by atoms with E-state index in [0.29, 0.717) is 11.3 Å². The van der Waals surface area contributed by atoms with Gasteiger partial charge >= 0.3 is 6.18 Å². The maximum absolute atomic E-state index is 12.3. The van der Waals surface area contributed by atoms with E-state index in [9.17, 15) is 18.0 Å². The molecule has 0 saturated carbocycles. The highest BCUT2D eigenvalue weighted by molar-refractivity contribution is 5.94. The highest BCUT2D eigenvalue weighted by Crippen LogP contribution is 2.39. The van der Waals surface area contributed by atoms with Crippen molar-refractivity contribution in [1.29, 1.82) is 0 Å². The third-order valence-electron chi connectivity index (χ3n) is 2.58. The van der Waals surface area contributed by atoms with Crippen molar-refractivity contribution in [3.8, 4) is 0 Å². The summed E-state index contributed by atoms with van der Waals surface area (Å²) in [5, 5.41) is 2.57. The molecule has 0 aliphatic carbocycles. The molecule has 1 N–H and O–H groups in total. The number of halogens is 3. The number of fused-ring (bicyclic) bond motifs is 1. The van der Waals surface area contributed by atoms with Gasteiger partial charge in [-0.05, 0) is 11.6 Å². The second-order valence-corrected chi connectivity index (χ2v) is 3.86. The van der Waals surface area contributed by atoms with Gasteiger partial charge in [-0.2, -0.15) is 13.2 Å². The van der Waals surface area contributed by atoms with Gasteiger partial charge in [0.15, 0.2) is 0 Å². The van der Waals surface area contributed by atoms with E-state index in [1.54, 1.807) is 24.3 Å². The lowest BCUT2D eigenvalue weighted by Gasteiger charge is -2.26. The molecule has 0 spiro atoms. The van der Waals surface area contributed by atoms with Crippen molar-refractivity contribution in [2.75, 3.05) is 5.32 Å². The summed E-state index contributed by atoms with van der Waals surface area (Å²) in [4.78, 5) is 11.2. The Morgan fingerprint density at radius 1 is 1.31 bits per heavy atom. The van der Waals surface area contributed by atoms with Crippen LogP contribution in [0.1, 0.15) is 24.3 Å². The number of rotatable bonds is 1. The van der Waals surface area contributed by atoms with Crippen LogP contribution in [0.4, 0.5) is 18.9 Å². The molecule has 5 heteroatoms. The fourth-order valence-corrected chi connectivity index (χ4v) is 1.96. The quantitative estimate of drug-likeness (QED) is 0.787. The zero-order valence-corrected chi connectivity index (χ0v) is 8.34. The highest BCUT2D eigenvalue weighted by Gasteiger charge is 2.36. The Morgan fingerprint density at radius 3 is 2.69 bits per heavy atom. The molecule has 1 atom stereocenters. The van der Waals surface area contributed by atoms with Crippen LogP contribution in [0.25, 0.3) is 0 Å². The van der Waals surface area contributed by atoms with Gasteiger partial charge in [0.05, 0.1) is 6.42 Å². The summed E-state index contributed by atoms with van der Waals surface area (Å²) < 4.78 is 37.0. The summed E-state index contributed by atoms with van der Waals surface area (Å²) in [6, 6.07) is 6.62. The number of para-hydroxylation sites is 1. The molecule has 1 aliphatic rings. The van der Waals surface area contributed by atoms with Crippen molar-refractivity contribution in [3.63, 3.8) is 0 Å². The van der Waals surface area contributed by atoms with Gasteiger partial charge in [-0.15, -0.1) is 0 Å². The van der Waals surface area contributed by atoms with E-state index < -0.39 is 18.5 Å². The molecule has 1 aromatic carbocycles. The lowest BCUT2D eigenvalue weighted by molar-refractivity contribution is -0.140. The molecule has 16 heavy (non-hydrogen) atoms. The van der Waals surface area contributed by atoms with Crippen molar-refractivity contribution in [3.05, 3.63) is 29.8 Å². The molecule has 86 valence electrons. The standard InChI is InChI=1S/C11H10F3NO/c12-11(13,14)6-7-5-10(16)15-9-4-2-1-3-8(7)9/h1-4,7H,5-6H2,(H,15,16)/t7-/m0/s1. The molecule has 0 aromatic heterocycles. The Bertz CT molecular complexity index is 414. The van der Waals surface area contributed by atoms with Crippen LogP contribution in [0.5, 0.6) is 0 Å². The lowest BCUT2D eigenvalue weighted by Crippen LogP contribution is -2.26. The van der Waals surface area contributed by atoms with Crippen LogP contribution in [-0.2, 0) is 4.79 Å². The third kappa shape index (κ3) is 2.35. The van der Waals surface area contributed by atoms with Crippen LogP contribution in [0.3, 0.4) is 0 Å². The van der Waals surface area contributed by atoms with Gasteiger partial charge in [0.2, 0.25) is 5.91 Å². The molecule has 0 fully saturated rings. The Morgan fingerprint density at radius 2 is 2.00 bits per heavy atom. The first-order valence-corrected chi connectivity index (χ1v) is 4.91. The minimum atomic E-state index is -4.24. The van der Waals surface area contributed by atoms with Gasteiger partial charge in [0.1, 0.15) is 0 Å². The molecule has 0 saturated heterocycles. The Kier molecular flexibility index (Phi) is 2.61. The van der Waals surface area contributed by atoms with Crippen LogP contribution in [0.2, 0.25) is 0 Å². The number of hydrogen-bond acceptors (Lipinski definition) is 1. The predicted octanol–water partition coefficient (Wildman–Crippen LogP) is 3.06. The predicted molar refractivity (Wildman–Crippen MR) is 53.1 cm³/mol. The summed E-state index contributed by atoms with van der Waals surface area (Å²) in [5.41, 5.74) is 1.06. The Balaban J connectivity index is 2.30. The number of nitrogens with one attached hydrogen (secondary N) is 1. The van der Waals surface area contributed by atoms with Crippen molar-refractivity contribution in [2.24, 2.45) is 0 Å². The van der Waals surface area contributed by atoms with E-state index in [0.717, 1.165) is 0 Å². The van der Waals surface area contributed by atoms with Gasteiger partial charge in [0, 0.05) is 18.0 Å². The number of anilines is 1. The van der Waals surface area contributed by atoms with Crippen LogP contribution in [0, 0.1) is 0 Å². The number of amides is 1. The monoisotopic (exact) mass is 229 g/mol. The molecule has 1 amide bonds. The summed E-state index contributed by atoms with van der Waals surface area (Å²) in [5.74, 6) is -1.11. The van der Waals surface area contributed by atoms with Crippen molar-refractivity contribution in [2.45, 2.75) is 24.9 Å². The van der Waals surface area contributed by atoms with Crippen LogP contribution in [0.15, 0.2) is 24.3 Å². The molecule has 2 rings (SSSR count). The molecule has 2 nitrogen and oxygen atoms in total. The molecular weight excluding hydrogens is 219 g/mol. The minimum Gasteiger partial charge on any atom is -0.326 e. The highest BCUT2D eigenvalue weighted by atomic mass is 19.4. The molecule has 1 heterocycles. The average molecular weight is 229 g/mol. The first-order valence-electron chi connectivity index (χ1n) is 4.91.